The van der Waals surface area contributed by atoms with Crippen molar-refractivity contribution in [3.05, 3.63) is 30.1 Å². The number of benzene rings is 1. The lowest BCUT2D eigenvalue weighted by Gasteiger charge is -2.39. The van der Waals surface area contributed by atoms with Gasteiger partial charge in [-0.05, 0) is 42.7 Å². The van der Waals surface area contributed by atoms with Crippen molar-refractivity contribution in [1.82, 2.24) is 4.90 Å². The van der Waals surface area contributed by atoms with Gasteiger partial charge in [-0.2, -0.15) is 0 Å². The molecule has 27 heavy (non-hydrogen) atoms. The van der Waals surface area contributed by atoms with Crippen LogP contribution in [0.1, 0.15) is 40.0 Å². The van der Waals surface area contributed by atoms with Gasteiger partial charge in [0, 0.05) is 32.7 Å². The van der Waals surface area contributed by atoms with Crippen molar-refractivity contribution < 1.29 is 14.2 Å². The molecule has 1 aromatic carbocycles. The number of rotatable bonds is 6. The average Bonchev–Trinajstić information content (AvgIpc) is 2.60. The van der Waals surface area contributed by atoms with E-state index in [1.165, 1.54) is 12.5 Å². The van der Waals surface area contributed by atoms with Crippen LogP contribution in [-0.4, -0.2) is 61.5 Å². The molecule has 0 amide bonds. The second-order valence-corrected chi connectivity index (χ2v) is 9.26. The number of nitrogens with zero attached hydrogens (tertiary/aromatic N) is 2. The van der Waals surface area contributed by atoms with Crippen LogP contribution in [0, 0.1) is 17.2 Å². The Labute approximate surface area is 163 Å². The van der Waals surface area contributed by atoms with E-state index in [1.54, 1.807) is 6.07 Å². The number of hydrogen-bond acceptors (Lipinski definition) is 4. The molecule has 3 rings (SSSR count). The maximum atomic E-state index is 13.9. The fraction of sp³-hybridized carbons (Fsp3) is 0.727. The number of aliphatic hydroxyl groups is 1. The summed E-state index contributed by atoms with van der Waals surface area (Å²) in [5.41, 5.74) is 1.01. The topological polar surface area (TPSA) is 35.9 Å². The summed E-state index contributed by atoms with van der Waals surface area (Å²) in [7, 11) is 0. The standard InChI is InChI=1S/C22H35FN2O2/c1-17-12-19(14-22(2,3)13-17)27-16-18(26)15-24-8-10-25(11-9-24)21-7-5-4-6-20(21)23/h4-7,17-19,26H,8-16H2,1-3H3/t17-,18+,19-/m1/s1. The summed E-state index contributed by atoms with van der Waals surface area (Å²) < 4.78 is 20.0. The van der Waals surface area contributed by atoms with E-state index in [0.717, 1.165) is 39.0 Å². The molecule has 5 heteroatoms. The third kappa shape index (κ3) is 5.90. The molecule has 0 spiro atoms. The van der Waals surface area contributed by atoms with Crippen LogP contribution in [0.5, 0.6) is 0 Å². The van der Waals surface area contributed by atoms with Crippen LogP contribution in [0.3, 0.4) is 0 Å². The molecule has 1 saturated carbocycles. The van der Waals surface area contributed by atoms with Crippen LogP contribution in [0.15, 0.2) is 24.3 Å². The molecule has 1 aromatic rings. The number of β-amino-alcohol motifs (C(OH)–C–C–N with tert-alkyl or cyclic N) is 1. The molecule has 3 atom stereocenters. The Bertz CT molecular complexity index is 602. The predicted octanol–water partition coefficient (Wildman–Crippen LogP) is 3.54. The highest BCUT2D eigenvalue weighted by Gasteiger charge is 2.33. The maximum absolute atomic E-state index is 13.9. The van der Waals surface area contributed by atoms with Crippen LogP contribution in [-0.2, 0) is 4.74 Å². The van der Waals surface area contributed by atoms with Crippen molar-refractivity contribution in [1.29, 1.82) is 0 Å². The minimum atomic E-state index is -0.467. The Morgan fingerprint density at radius 3 is 2.56 bits per heavy atom. The van der Waals surface area contributed by atoms with Gasteiger partial charge in [-0.1, -0.05) is 32.9 Å². The highest BCUT2D eigenvalue weighted by Crippen LogP contribution is 2.39. The van der Waals surface area contributed by atoms with Crippen molar-refractivity contribution >= 4 is 5.69 Å². The minimum absolute atomic E-state index is 0.163. The first-order valence-electron chi connectivity index (χ1n) is 10.3. The Hall–Kier alpha value is -1.17. The van der Waals surface area contributed by atoms with Gasteiger partial charge in [0.1, 0.15) is 5.82 Å². The van der Waals surface area contributed by atoms with Crippen molar-refractivity contribution in [3.63, 3.8) is 0 Å². The summed E-state index contributed by atoms with van der Waals surface area (Å²) in [6.45, 7) is 11.2. The quantitative estimate of drug-likeness (QED) is 0.821. The minimum Gasteiger partial charge on any atom is -0.389 e. The summed E-state index contributed by atoms with van der Waals surface area (Å²) in [5, 5.41) is 10.4. The number of ether oxygens (including phenoxy) is 1. The van der Waals surface area contributed by atoms with Crippen molar-refractivity contribution in [2.75, 3.05) is 44.2 Å². The van der Waals surface area contributed by atoms with Crippen molar-refractivity contribution in [3.8, 4) is 0 Å². The molecule has 4 nitrogen and oxygen atoms in total. The molecule has 1 N–H and O–H groups in total. The molecule has 0 aromatic heterocycles. The Morgan fingerprint density at radius 2 is 1.89 bits per heavy atom. The highest BCUT2D eigenvalue weighted by atomic mass is 19.1. The molecule has 1 heterocycles. The maximum Gasteiger partial charge on any atom is 0.146 e. The number of piperazine rings is 1. The molecule has 1 aliphatic carbocycles. The summed E-state index contributed by atoms with van der Waals surface area (Å²) in [5.74, 6) is 0.520. The average molecular weight is 379 g/mol. The smallest absolute Gasteiger partial charge is 0.146 e. The van der Waals surface area contributed by atoms with Gasteiger partial charge in [0.25, 0.3) is 0 Å². The van der Waals surface area contributed by atoms with E-state index in [-0.39, 0.29) is 11.9 Å². The van der Waals surface area contributed by atoms with Gasteiger partial charge >= 0.3 is 0 Å². The Balaban J connectivity index is 1.39. The fourth-order valence-corrected chi connectivity index (χ4v) is 4.86. The zero-order valence-electron chi connectivity index (χ0n) is 17.0. The van der Waals surface area contributed by atoms with E-state index in [2.05, 4.69) is 30.6 Å². The SMILES string of the molecule is C[C@@H]1C[C@@H](OC[C@@H](O)CN2CCN(c3ccccc3F)CC2)CC(C)(C)C1. The second kappa shape index (κ2) is 8.89. The monoisotopic (exact) mass is 378 g/mol. The third-order valence-electron chi connectivity index (χ3n) is 5.91. The van der Waals surface area contributed by atoms with Crippen molar-refractivity contribution in [2.45, 2.75) is 52.2 Å². The largest absolute Gasteiger partial charge is 0.389 e. The second-order valence-electron chi connectivity index (χ2n) is 9.26. The van der Waals surface area contributed by atoms with Gasteiger partial charge in [-0.3, -0.25) is 4.90 Å². The van der Waals surface area contributed by atoms with E-state index in [9.17, 15) is 9.50 Å². The highest BCUT2D eigenvalue weighted by molar-refractivity contribution is 5.47. The first-order chi connectivity index (χ1) is 12.8. The van der Waals surface area contributed by atoms with Crippen molar-refractivity contribution in [2.24, 2.45) is 11.3 Å². The number of hydrogen-bond donors (Lipinski definition) is 1. The van der Waals surface area contributed by atoms with E-state index in [4.69, 9.17) is 4.74 Å². The molecule has 0 bridgehead atoms. The molecule has 0 unspecified atom stereocenters. The van der Waals surface area contributed by atoms with Gasteiger partial charge in [0.05, 0.1) is 24.5 Å². The van der Waals surface area contributed by atoms with Gasteiger partial charge in [-0.25, -0.2) is 4.39 Å². The summed E-state index contributed by atoms with van der Waals surface area (Å²) >= 11 is 0. The van der Waals surface area contributed by atoms with Crippen LogP contribution >= 0.6 is 0 Å². The van der Waals surface area contributed by atoms with Gasteiger partial charge in [-0.15, -0.1) is 0 Å². The lowest BCUT2D eigenvalue weighted by molar-refractivity contribution is -0.0615. The van der Waals surface area contributed by atoms with Gasteiger partial charge in [0.2, 0.25) is 0 Å². The van der Waals surface area contributed by atoms with E-state index in [1.807, 2.05) is 12.1 Å². The molecular formula is C22H35FN2O2. The van der Waals surface area contributed by atoms with Crippen LogP contribution < -0.4 is 4.90 Å². The molecule has 0 radical (unpaired) electrons. The third-order valence-corrected chi connectivity index (χ3v) is 5.91. The number of para-hydroxylation sites is 1. The van der Waals surface area contributed by atoms with Gasteiger partial charge in [0.15, 0.2) is 0 Å². The number of anilines is 1. The molecule has 1 aliphatic heterocycles. The summed E-state index contributed by atoms with van der Waals surface area (Å²) in [6.07, 6.45) is 3.21. The van der Waals surface area contributed by atoms with Crippen LogP contribution in [0.25, 0.3) is 0 Å². The lowest BCUT2D eigenvalue weighted by Crippen LogP contribution is -2.49. The lowest BCUT2D eigenvalue weighted by atomic mass is 9.71. The molecule has 2 aliphatic rings. The number of halogens is 1. The first kappa shape index (κ1) is 20.6. The van der Waals surface area contributed by atoms with E-state index >= 15 is 0 Å². The van der Waals surface area contributed by atoms with Crippen LogP contribution in [0.4, 0.5) is 10.1 Å². The number of aliphatic hydroxyl groups excluding tert-OH is 1. The Kier molecular flexibility index (Phi) is 6.77. The molecular weight excluding hydrogens is 343 g/mol. The molecule has 152 valence electrons. The zero-order chi connectivity index (χ0) is 19.4. The Morgan fingerprint density at radius 1 is 1.19 bits per heavy atom. The van der Waals surface area contributed by atoms with E-state index in [0.29, 0.717) is 30.2 Å². The normalized spacial score (nSPS) is 27.5. The first-order valence-corrected chi connectivity index (χ1v) is 10.3. The molecule has 2 fully saturated rings. The van der Waals surface area contributed by atoms with E-state index < -0.39 is 6.10 Å². The van der Waals surface area contributed by atoms with Gasteiger partial charge < -0.3 is 14.7 Å². The zero-order valence-corrected chi connectivity index (χ0v) is 17.0. The molecule has 1 saturated heterocycles. The predicted molar refractivity (Wildman–Crippen MR) is 108 cm³/mol. The summed E-state index contributed by atoms with van der Waals surface area (Å²) in [4.78, 5) is 4.33. The summed E-state index contributed by atoms with van der Waals surface area (Å²) in [6, 6.07) is 6.94. The van der Waals surface area contributed by atoms with Crippen LogP contribution in [0.2, 0.25) is 0 Å². The fourth-order valence-electron chi connectivity index (χ4n) is 4.86.